The molecule has 2 N–H and O–H groups in total. The quantitative estimate of drug-likeness (QED) is 0.479. The lowest BCUT2D eigenvalue weighted by Crippen LogP contribution is -2.53. The van der Waals surface area contributed by atoms with E-state index in [1.165, 1.54) is 24.1 Å². The van der Waals surface area contributed by atoms with Gasteiger partial charge in [0.15, 0.2) is 5.75 Å². The minimum absolute atomic E-state index is 0.0230. The topological polar surface area (TPSA) is 125 Å². The zero-order valence-corrected chi connectivity index (χ0v) is 22.8. The third-order valence-electron chi connectivity index (χ3n) is 6.34. The third-order valence-corrected chi connectivity index (χ3v) is 9.07. The Morgan fingerprint density at radius 3 is 2.49 bits per heavy atom. The summed E-state index contributed by atoms with van der Waals surface area (Å²) in [7, 11) is -2.96. The summed E-state index contributed by atoms with van der Waals surface area (Å²) in [6.07, 6.45) is 3.60. The molecule has 200 valence electrons. The number of hydrogen-bond acceptors (Lipinski definition) is 7. The van der Waals surface area contributed by atoms with Crippen molar-refractivity contribution in [2.24, 2.45) is 0 Å². The van der Waals surface area contributed by atoms with E-state index in [9.17, 15) is 22.8 Å². The molecule has 2 aromatic rings. The van der Waals surface area contributed by atoms with Crippen LogP contribution in [-0.4, -0.2) is 70.4 Å². The lowest BCUT2D eigenvalue weighted by molar-refractivity contribution is -0.131. The molecule has 2 fully saturated rings. The first kappa shape index (κ1) is 27.4. The fourth-order valence-electron chi connectivity index (χ4n) is 4.50. The van der Waals surface area contributed by atoms with Crippen molar-refractivity contribution in [1.29, 1.82) is 0 Å². The van der Waals surface area contributed by atoms with Gasteiger partial charge in [-0.3, -0.25) is 14.4 Å². The number of thiophene rings is 1. The van der Waals surface area contributed by atoms with Crippen molar-refractivity contribution in [2.75, 3.05) is 38.2 Å². The molecule has 3 heterocycles. The number of ether oxygens (including phenoxy) is 1. The zero-order chi connectivity index (χ0) is 26.6. The Bertz CT molecular complexity index is 1280. The highest BCUT2D eigenvalue weighted by Gasteiger charge is 2.34. The summed E-state index contributed by atoms with van der Waals surface area (Å²) in [5.41, 5.74) is 0.361. The van der Waals surface area contributed by atoms with Crippen LogP contribution in [0.2, 0.25) is 4.34 Å². The van der Waals surface area contributed by atoms with Gasteiger partial charge in [-0.15, -0.1) is 11.3 Å². The summed E-state index contributed by atoms with van der Waals surface area (Å²) in [5.74, 6) is -0.967. The predicted molar refractivity (Wildman–Crippen MR) is 141 cm³/mol. The second-order valence-corrected chi connectivity index (χ2v) is 12.2. The van der Waals surface area contributed by atoms with Crippen molar-refractivity contribution in [3.63, 3.8) is 0 Å². The number of piperidine rings is 1. The maximum absolute atomic E-state index is 13.6. The molecule has 37 heavy (non-hydrogen) atoms. The average Bonchev–Trinajstić information content (AvgIpc) is 3.58. The van der Waals surface area contributed by atoms with Gasteiger partial charge in [-0.1, -0.05) is 17.7 Å². The van der Waals surface area contributed by atoms with Crippen LogP contribution in [0.1, 0.15) is 41.8 Å². The van der Waals surface area contributed by atoms with Crippen molar-refractivity contribution in [3.8, 4) is 5.75 Å². The monoisotopic (exact) mass is 568 g/mol. The van der Waals surface area contributed by atoms with Crippen LogP contribution < -0.4 is 19.7 Å². The first-order chi connectivity index (χ1) is 17.7. The molecule has 2 aliphatic heterocycles. The number of para-hydroxylation sites is 1. The minimum Gasteiger partial charge on any atom is -0.493 e. The number of nitrogens with one attached hydrogen (secondary N) is 2. The van der Waals surface area contributed by atoms with Gasteiger partial charge in [-0.05, 0) is 49.9 Å². The number of anilines is 1. The number of carbonyl (C=O) groups excluding carboxylic acids is 3. The van der Waals surface area contributed by atoms with Crippen LogP contribution in [0.3, 0.4) is 0 Å². The maximum atomic E-state index is 13.6. The molecule has 3 amide bonds. The SMILES string of the molecule is COc1c(N2CCCCC2=O)cccc1S(=O)(=O)N[C@@H](CNC(=O)c1ccc(Cl)s1)C(=O)N1CCCC1. The standard InChI is InChI=1S/C24H29ClN4O6S2/c1-35-22-17(29-14-3-2-9-21(29)30)7-6-8-19(22)37(33,34)27-16(24(32)28-12-4-5-13-28)15-26-23(31)18-10-11-20(25)36-18/h6-8,10-11,16,27H,2-5,9,12-15H2,1H3,(H,26,31)/t16-/m0/s1. The number of benzene rings is 1. The van der Waals surface area contributed by atoms with Gasteiger partial charge in [0.2, 0.25) is 21.8 Å². The van der Waals surface area contributed by atoms with E-state index in [1.54, 1.807) is 23.1 Å². The Labute approximate surface area is 225 Å². The summed E-state index contributed by atoms with van der Waals surface area (Å²) in [6.45, 7) is 1.24. The molecule has 0 saturated carbocycles. The number of amides is 3. The first-order valence-electron chi connectivity index (χ1n) is 12.0. The van der Waals surface area contributed by atoms with Gasteiger partial charge < -0.3 is 19.9 Å². The van der Waals surface area contributed by atoms with Crippen molar-refractivity contribution in [1.82, 2.24) is 14.9 Å². The molecule has 1 aromatic carbocycles. The molecule has 0 radical (unpaired) electrons. The fraction of sp³-hybridized carbons (Fsp3) is 0.458. The van der Waals surface area contributed by atoms with Gasteiger partial charge in [-0.2, -0.15) is 4.72 Å². The molecule has 2 aliphatic rings. The molecule has 0 aliphatic carbocycles. The lowest BCUT2D eigenvalue weighted by atomic mass is 10.1. The second-order valence-electron chi connectivity index (χ2n) is 8.83. The number of hydrogen-bond donors (Lipinski definition) is 2. The van der Waals surface area contributed by atoms with Crippen LogP contribution in [-0.2, 0) is 19.6 Å². The summed E-state index contributed by atoms with van der Waals surface area (Å²) < 4.78 is 35.6. The molecular weight excluding hydrogens is 540 g/mol. The molecule has 4 rings (SSSR count). The van der Waals surface area contributed by atoms with Crippen LogP contribution in [0, 0.1) is 0 Å². The van der Waals surface area contributed by atoms with Gasteiger partial charge >= 0.3 is 0 Å². The van der Waals surface area contributed by atoms with Crippen LogP contribution in [0.15, 0.2) is 35.2 Å². The molecule has 0 bridgehead atoms. The highest BCUT2D eigenvalue weighted by atomic mass is 35.5. The Hall–Kier alpha value is -2.67. The van der Waals surface area contributed by atoms with E-state index >= 15 is 0 Å². The van der Waals surface area contributed by atoms with Crippen molar-refractivity contribution in [2.45, 2.75) is 43.0 Å². The molecule has 0 unspecified atom stereocenters. The Kier molecular flexibility index (Phi) is 8.73. The summed E-state index contributed by atoms with van der Waals surface area (Å²) in [4.78, 5) is 41.6. The van der Waals surface area contributed by atoms with E-state index in [-0.39, 0.29) is 23.1 Å². The van der Waals surface area contributed by atoms with Gasteiger partial charge in [0.05, 0.1) is 22.0 Å². The zero-order valence-electron chi connectivity index (χ0n) is 20.4. The van der Waals surface area contributed by atoms with Crippen molar-refractivity contribution < 1.29 is 27.5 Å². The molecule has 2 saturated heterocycles. The summed E-state index contributed by atoms with van der Waals surface area (Å²) in [6, 6.07) is 6.44. The molecule has 0 spiro atoms. The second kappa shape index (κ2) is 11.8. The third kappa shape index (κ3) is 6.25. The van der Waals surface area contributed by atoms with Crippen LogP contribution in [0.25, 0.3) is 0 Å². The van der Waals surface area contributed by atoms with Crippen molar-refractivity contribution >= 4 is 56.4 Å². The van der Waals surface area contributed by atoms with Crippen LogP contribution in [0.4, 0.5) is 5.69 Å². The Morgan fingerprint density at radius 1 is 1.11 bits per heavy atom. The van der Waals surface area contributed by atoms with E-state index in [1.807, 2.05) is 0 Å². The van der Waals surface area contributed by atoms with Gasteiger partial charge in [-0.25, -0.2) is 8.42 Å². The molecular formula is C24H29ClN4O6S2. The van der Waals surface area contributed by atoms with Gasteiger partial charge in [0.25, 0.3) is 5.91 Å². The van der Waals surface area contributed by atoms with Crippen LogP contribution >= 0.6 is 22.9 Å². The first-order valence-corrected chi connectivity index (χ1v) is 14.7. The molecule has 10 nitrogen and oxygen atoms in total. The maximum Gasteiger partial charge on any atom is 0.261 e. The molecule has 13 heteroatoms. The number of rotatable bonds is 9. The van der Waals surface area contributed by atoms with E-state index in [2.05, 4.69) is 10.0 Å². The van der Waals surface area contributed by atoms with Gasteiger partial charge in [0, 0.05) is 32.6 Å². The van der Waals surface area contributed by atoms with E-state index in [4.69, 9.17) is 16.3 Å². The summed E-state index contributed by atoms with van der Waals surface area (Å²) >= 11 is 7.00. The van der Waals surface area contributed by atoms with Gasteiger partial charge in [0.1, 0.15) is 10.9 Å². The van der Waals surface area contributed by atoms with E-state index in [0.29, 0.717) is 41.0 Å². The minimum atomic E-state index is -4.29. The number of nitrogens with zero attached hydrogens (tertiary/aromatic N) is 2. The van der Waals surface area contributed by atoms with E-state index in [0.717, 1.165) is 37.0 Å². The van der Waals surface area contributed by atoms with Crippen molar-refractivity contribution in [3.05, 3.63) is 39.5 Å². The number of carbonyl (C=O) groups is 3. The van der Waals surface area contributed by atoms with E-state index < -0.39 is 27.9 Å². The fourth-order valence-corrected chi connectivity index (χ4v) is 6.84. The molecule has 1 aromatic heterocycles. The number of methoxy groups -OCH3 is 1. The summed E-state index contributed by atoms with van der Waals surface area (Å²) in [5, 5.41) is 2.64. The Balaban J connectivity index is 1.60. The lowest BCUT2D eigenvalue weighted by Gasteiger charge is -2.29. The Morgan fingerprint density at radius 2 is 1.84 bits per heavy atom. The normalized spacial score (nSPS) is 17.1. The predicted octanol–water partition coefficient (Wildman–Crippen LogP) is 2.63. The number of sulfonamides is 1. The highest BCUT2D eigenvalue weighted by Crippen LogP contribution is 2.36. The number of halogens is 1. The number of likely N-dealkylation sites (tertiary alicyclic amines) is 1. The smallest absolute Gasteiger partial charge is 0.261 e. The average molecular weight is 569 g/mol. The van der Waals surface area contributed by atoms with Crippen LogP contribution in [0.5, 0.6) is 5.75 Å². The highest BCUT2D eigenvalue weighted by molar-refractivity contribution is 7.89. The largest absolute Gasteiger partial charge is 0.493 e. The molecule has 1 atom stereocenters.